The van der Waals surface area contributed by atoms with E-state index in [0.717, 1.165) is 18.8 Å². The van der Waals surface area contributed by atoms with E-state index in [-0.39, 0.29) is 5.91 Å². The molecule has 0 heterocycles. The Morgan fingerprint density at radius 3 is 2.56 bits per heavy atom. The lowest BCUT2D eigenvalue weighted by Gasteiger charge is -2.25. The molecule has 2 atom stereocenters. The minimum absolute atomic E-state index is 0.00885. The molecule has 3 heteroatoms. The number of nitrogens with one attached hydrogen (secondary N) is 1. The normalized spacial score (nSPS) is 27.2. The molecule has 94 valence electrons. The van der Waals surface area contributed by atoms with Crippen molar-refractivity contribution >= 4 is 5.91 Å². The number of hydrogen-bond acceptors (Lipinski definition) is 2. The van der Waals surface area contributed by atoms with Gasteiger partial charge >= 0.3 is 0 Å². The molecule has 1 aliphatic rings. The zero-order valence-electron chi connectivity index (χ0n) is 11.0. The van der Waals surface area contributed by atoms with E-state index in [1.165, 1.54) is 19.3 Å². The SMILES string of the molecule is COC(C)(C)C(=O)NC1CCCC(C)CC1. The van der Waals surface area contributed by atoms with Crippen LogP contribution in [0.4, 0.5) is 0 Å². The molecule has 3 nitrogen and oxygen atoms in total. The molecule has 0 aromatic carbocycles. The van der Waals surface area contributed by atoms with Gasteiger partial charge in [-0.05, 0) is 39.0 Å². The topological polar surface area (TPSA) is 38.3 Å². The summed E-state index contributed by atoms with van der Waals surface area (Å²) in [4.78, 5) is 11.9. The van der Waals surface area contributed by atoms with Crippen molar-refractivity contribution in [2.45, 2.75) is 64.5 Å². The van der Waals surface area contributed by atoms with Gasteiger partial charge < -0.3 is 10.1 Å². The summed E-state index contributed by atoms with van der Waals surface area (Å²) in [6.45, 7) is 5.91. The van der Waals surface area contributed by atoms with Gasteiger partial charge in [0.05, 0.1) is 0 Å². The molecule has 16 heavy (non-hydrogen) atoms. The summed E-state index contributed by atoms with van der Waals surface area (Å²) in [6.07, 6.45) is 5.94. The van der Waals surface area contributed by atoms with Gasteiger partial charge in [-0.15, -0.1) is 0 Å². The van der Waals surface area contributed by atoms with Crippen LogP contribution in [0.3, 0.4) is 0 Å². The predicted octanol–water partition coefficient (Wildman–Crippen LogP) is 2.50. The van der Waals surface area contributed by atoms with Crippen molar-refractivity contribution in [2.75, 3.05) is 7.11 Å². The van der Waals surface area contributed by atoms with Crippen molar-refractivity contribution in [3.05, 3.63) is 0 Å². The number of carbonyl (C=O) groups excluding carboxylic acids is 1. The molecule has 1 saturated carbocycles. The van der Waals surface area contributed by atoms with Crippen molar-refractivity contribution in [3.8, 4) is 0 Å². The average molecular weight is 227 g/mol. The Morgan fingerprint density at radius 2 is 1.94 bits per heavy atom. The minimum atomic E-state index is -0.710. The lowest BCUT2D eigenvalue weighted by Crippen LogP contribution is -2.47. The highest BCUT2D eigenvalue weighted by molar-refractivity contribution is 5.84. The first-order valence-electron chi connectivity index (χ1n) is 6.32. The first-order valence-corrected chi connectivity index (χ1v) is 6.32. The fourth-order valence-electron chi connectivity index (χ4n) is 2.08. The average Bonchev–Trinajstić information content (AvgIpc) is 2.44. The van der Waals surface area contributed by atoms with Crippen LogP contribution in [0.2, 0.25) is 0 Å². The number of rotatable bonds is 3. The van der Waals surface area contributed by atoms with E-state index >= 15 is 0 Å². The molecule has 1 fully saturated rings. The van der Waals surface area contributed by atoms with Crippen LogP contribution in [0, 0.1) is 5.92 Å². The molecule has 0 bridgehead atoms. The van der Waals surface area contributed by atoms with E-state index in [2.05, 4.69) is 12.2 Å². The summed E-state index contributed by atoms with van der Waals surface area (Å²) in [5.74, 6) is 0.812. The van der Waals surface area contributed by atoms with Crippen molar-refractivity contribution in [3.63, 3.8) is 0 Å². The third-order valence-electron chi connectivity index (χ3n) is 3.65. The van der Waals surface area contributed by atoms with E-state index in [1.54, 1.807) is 7.11 Å². The Balaban J connectivity index is 2.44. The van der Waals surface area contributed by atoms with Gasteiger partial charge in [-0.3, -0.25) is 4.79 Å². The second-order valence-electron chi connectivity index (χ2n) is 5.50. The van der Waals surface area contributed by atoms with Crippen LogP contribution in [-0.2, 0) is 9.53 Å². The third-order valence-corrected chi connectivity index (χ3v) is 3.65. The van der Waals surface area contributed by atoms with Crippen LogP contribution in [0.5, 0.6) is 0 Å². The van der Waals surface area contributed by atoms with Gasteiger partial charge in [0, 0.05) is 13.2 Å². The monoisotopic (exact) mass is 227 g/mol. The fourth-order valence-corrected chi connectivity index (χ4v) is 2.08. The summed E-state index contributed by atoms with van der Waals surface area (Å²) in [5, 5.41) is 3.11. The van der Waals surface area contributed by atoms with E-state index in [1.807, 2.05) is 13.8 Å². The quantitative estimate of drug-likeness (QED) is 0.752. The number of amides is 1. The Morgan fingerprint density at radius 1 is 1.25 bits per heavy atom. The maximum Gasteiger partial charge on any atom is 0.251 e. The van der Waals surface area contributed by atoms with E-state index in [9.17, 15) is 4.79 Å². The van der Waals surface area contributed by atoms with Gasteiger partial charge in [-0.25, -0.2) is 0 Å². The van der Waals surface area contributed by atoms with E-state index < -0.39 is 5.60 Å². The van der Waals surface area contributed by atoms with Gasteiger partial charge in [-0.1, -0.05) is 19.8 Å². The summed E-state index contributed by atoms with van der Waals surface area (Å²) >= 11 is 0. The smallest absolute Gasteiger partial charge is 0.251 e. The summed E-state index contributed by atoms with van der Waals surface area (Å²) < 4.78 is 5.18. The zero-order chi connectivity index (χ0) is 12.2. The molecule has 1 aliphatic carbocycles. The van der Waals surface area contributed by atoms with Crippen molar-refractivity contribution in [2.24, 2.45) is 5.92 Å². The lowest BCUT2D eigenvalue weighted by atomic mass is 10.0. The molecule has 0 aromatic rings. The molecule has 0 spiro atoms. The summed E-state index contributed by atoms with van der Waals surface area (Å²) in [6, 6.07) is 0.340. The van der Waals surface area contributed by atoms with Crippen LogP contribution >= 0.6 is 0 Å². The third kappa shape index (κ3) is 3.78. The Kier molecular flexibility index (Phi) is 4.78. The highest BCUT2D eigenvalue weighted by atomic mass is 16.5. The molecule has 0 aromatic heterocycles. The molecular weight excluding hydrogens is 202 g/mol. The second kappa shape index (κ2) is 5.67. The molecule has 1 rings (SSSR count). The lowest BCUT2D eigenvalue weighted by molar-refractivity contribution is -0.140. The van der Waals surface area contributed by atoms with Gasteiger partial charge in [0.15, 0.2) is 0 Å². The number of methoxy groups -OCH3 is 1. The highest BCUT2D eigenvalue weighted by Crippen LogP contribution is 2.23. The number of carbonyl (C=O) groups is 1. The van der Waals surface area contributed by atoms with Crippen LogP contribution < -0.4 is 5.32 Å². The molecule has 2 unspecified atom stereocenters. The first kappa shape index (κ1) is 13.5. The minimum Gasteiger partial charge on any atom is -0.369 e. The summed E-state index contributed by atoms with van der Waals surface area (Å²) in [7, 11) is 1.58. The Labute approximate surface area is 98.9 Å². The van der Waals surface area contributed by atoms with Crippen LogP contribution in [0.1, 0.15) is 52.9 Å². The van der Waals surface area contributed by atoms with Crippen molar-refractivity contribution in [1.82, 2.24) is 5.32 Å². The van der Waals surface area contributed by atoms with Crippen molar-refractivity contribution < 1.29 is 9.53 Å². The Hall–Kier alpha value is -0.570. The molecule has 1 N–H and O–H groups in total. The van der Waals surface area contributed by atoms with Crippen LogP contribution in [0.25, 0.3) is 0 Å². The highest BCUT2D eigenvalue weighted by Gasteiger charge is 2.29. The number of ether oxygens (including phenoxy) is 1. The molecule has 0 radical (unpaired) electrons. The molecule has 1 amide bonds. The van der Waals surface area contributed by atoms with Gasteiger partial charge in [-0.2, -0.15) is 0 Å². The van der Waals surface area contributed by atoms with E-state index in [4.69, 9.17) is 4.74 Å². The largest absolute Gasteiger partial charge is 0.369 e. The van der Waals surface area contributed by atoms with E-state index in [0.29, 0.717) is 6.04 Å². The van der Waals surface area contributed by atoms with Crippen LogP contribution in [0.15, 0.2) is 0 Å². The second-order valence-corrected chi connectivity index (χ2v) is 5.50. The van der Waals surface area contributed by atoms with Gasteiger partial charge in [0.2, 0.25) is 0 Å². The van der Waals surface area contributed by atoms with Gasteiger partial charge in [0.1, 0.15) is 5.60 Å². The summed E-state index contributed by atoms with van der Waals surface area (Å²) in [5.41, 5.74) is -0.710. The standard InChI is InChI=1S/C13H25NO2/c1-10-6-5-7-11(9-8-10)14-12(15)13(2,3)16-4/h10-11H,5-9H2,1-4H3,(H,14,15). The van der Waals surface area contributed by atoms with Crippen molar-refractivity contribution in [1.29, 1.82) is 0 Å². The Bertz CT molecular complexity index is 238. The van der Waals surface area contributed by atoms with Gasteiger partial charge in [0.25, 0.3) is 5.91 Å². The molecule has 0 saturated heterocycles. The molecular formula is C13H25NO2. The maximum absolute atomic E-state index is 11.9. The molecule has 0 aliphatic heterocycles. The predicted molar refractivity (Wildman–Crippen MR) is 65.3 cm³/mol. The fraction of sp³-hybridized carbons (Fsp3) is 0.923. The number of hydrogen-bond donors (Lipinski definition) is 1. The van der Waals surface area contributed by atoms with Crippen LogP contribution in [-0.4, -0.2) is 24.7 Å². The first-order chi connectivity index (χ1) is 7.45. The zero-order valence-corrected chi connectivity index (χ0v) is 11.0. The maximum atomic E-state index is 11.9.